The molecule has 2 N–H and O–H groups in total. The number of thiazole rings is 1. The van der Waals surface area contributed by atoms with Gasteiger partial charge in [-0.2, -0.15) is 0 Å². The van der Waals surface area contributed by atoms with Crippen molar-refractivity contribution in [1.29, 1.82) is 0 Å². The summed E-state index contributed by atoms with van der Waals surface area (Å²) in [4.78, 5) is 17.2. The predicted molar refractivity (Wildman–Crippen MR) is 102 cm³/mol. The summed E-state index contributed by atoms with van der Waals surface area (Å²) in [6, 6.07) is 6.05. The summed E-state index contributed by atoms with van der Waals surface area (Å²) in [6.07, 6.45) is 3.33. The Bertz CT molecular complexity index is 752. The van der Waals surface area contributed by atoms with Crippen LogP contribution < -0.4 is 10.6 Å². The summed E-state index contributed by atoms with van der Waals surface area (Å²) >= 11 is 1.72. The Morgan fingerprint density at radius 1 is 1.38 bits per heavy atom. The number of hydrogen-bond donors (Lipinski definition) is 2. The van der Waals surface area contributed by atoms with Gasteiger partial charge in [0, 0.05) is 17.5 Å². The molecule has 1 aliphatic carbocycles. The molecule has 24 heavy (non-hydrogen) atoms. The van der Waals surface area contributed by atoms with Crippen LogP contribution in [0, 0.1) is 11.3 Å². The third kappa shape index (κ3) is 3.17. The maximum Gasteiger partial charge on any atom is 0.228 e. The number of aromatic nitrogens is 1. The largest absolute Gasteiger partial charge is 0.326 e. The van der Waals surface area contributed by atoms with Gasteiger partial charge >= 0.3 is 0 Å². The van der Waals surface area contributed by atoms with Crippen molar-refractivity contribution in [2.24, 2.45) is 11.3 Å². The summed E-state index contributed by atoms with van der Waals surface area (Å²) in [5, 5.41) is 7.66. The average molecular weight is 366 g/mol. The molecule has 1 saturated heterocycles. The Kier molecular flexibility index (Phi) is 4.87. The Morgan fingerprint density at radius 2 is 2.12 bits per heavy atom. The number of carbonyl (C=O) groups is 1. The van der Waals surface area contributed by atoms with E-state index in [1.165, 1.54) is 0 Å². The molecule has 0 radical (unpaired) electrons. The van der Waals surface area contributed by atoms with Crippen LogP contribution in [0.3, 0.4) is 0 Å². The normalized spacial score (nSPS) is 21.7. The van der Waals surface area contributed by atoms with E-state index in [1.807, 2.05) is 12.1 Å². The molecule has 1 aliphatic heterocycles. The van der Waals surface area contributed by atoms with Crippen LogP contribution in [0.5, 0.6) is 0 Å². The van der Waals surface area contributed by atoms with E-state index in [4.69, 9.17) is 0 Å². The van der Waals surface area contributed by atoms with E-state index < -0.39 is 0 Å². The van der Waals surface area contributed by atoms with Gasteiger partial charge in [0.2, 0.25) is 5.91 Å². The first-order chi connectivity index (χ1) is 11.1. The molecule has 1 aromatic carbocycles. The van der Waals surface area contributed by atoms with Crippen molar-refractivity contribution in [3.63, 3.8) is 0 Å². The van der Waals surface area contributed by atoms with Crippen LogP contribution in [-0.2, 0) is 4.79 Å². The summed E-state index contributed by atoms with van der Waals surface area (Å²) < 4.78 is 1.15. The number of benzene rings is 1. The number of nitrogens with zero attached hydrogens (tertiary/aromatic N) is 1. The van der Waals surface area contributed by atoms with Crippen molar-refractivity contribution in [2.75, 3.05) is 18.4 Å². The highest BCUT2D eigenvalue weighted by Crippen LogP contribution is 2.58. The zero-order chi connectivity index (χ0) is 16.0. The second-order valence-corrected chi connectivity index (χ2v) is 8.31. The highest BCUT2D eigenvalue weighted by Gasteiger charge is 2.57. The van der Waals surface area contributed by atoms with Gasteiger partial charge in [0.1, 0.15) is 0 Å². The minimum atomic E-state index is 0. The van der Waals surface area contributed by atoms with E-state index in [2.05, 4.69) is 35.5 Å². The molecule has 1 saturated carbocycles. The van der Waals surface area contributed by atoms with Crippen LogP contribution in [0.2, 0.25) is 0 Å². The third-order valence-electron chi connectivity index (χ3n) is 5.27. The molecule has 0 bridgehead atoms. The van der Waals surface area contributed by atoms with E-state index in [0.717, 1.165) is 53.3 Å². The second kappa shape index (κ2) is 6.62. The smallest absolute Gasteiger partial charge is 0.228 e. The van der Waals surface area contributed by atoms with Crippen molar-refractivity contribution in [3.8, 4) is 0 Å². The summed E-state index contributed by atoms with van der Waals surface area (Å²) in [5.41, 5.74) is 2.21. The Labute approximate surface area is 152 Å². The maximum atomic E-state index is 12.6. The van der Waals surface area contributed by atoms with Crippen LogP contribution in [0.1, 0.15) is 44.0 Å². The molecule has 1 aromatic heterocycles. The second-order valence-electron chi connectivity index (χ2n) is 7.25. The minimum Gasteiger partial charge on any atom is -0.326 e. The summed E-state index contributed by atoms with van der Waals surface area (Å²) in [6.45, 7) is 6.42. The molecular weight excluding hydrogens is 342 g/mol. The van der Waals surface area contributed by atoms with Gasteiger partial charge in [0.15, 0.2) is 0 Å². The molecule has 1 spiro atoms. The Morgan fingerprint density at radius 3 is 2.83 bits per heavy atom. The minimum absolute atomic E-state index is 0. The summed E-state index contributed by atoms with van der Waals surface area (Å²) in [7, 11) is 0. The number of hydrogen-bond acceptors (Lipinski definition) is 4. The van der Waals surface area contributed by atoms with Crippen molar-refractivity contribution in [1.82, 2.24) is 10.3 Å². The number of fused-ring (bicyclic) bond motifs is 1. The molecule has 130 valence electrons. The van der Waals surface area contributed by atoms with Gasteiger partial charge < -0.3 is 10.6 Å². The van der Waals surface area contributed by atoms with E-state index >= 15 is 0 Å². The quantitative estimate of drug-likeness (QED) is 0.858. The molecule has 1 amide bonds. The number of halogens is 1. The van der Waals surface area contributed by atoms with Crippen molar-refractivity contribution >= 4 is 45.6 Å². The standard InChI is InChI=1S/C18H23N3OS.ClH/c1-11(2)17-21-14-4-3-12(9-15(14)23-17)20-16(22)13-10-18(13)5-7-19-8-6-18;/h3-4,9,11,13,19H,5-8,10H2,1-2H3,(H,20,22);1H. The SMILES string of the molecule is CC(C)c1nc2ccc(NC(=O)C3CC34CCNCC4)cc2s1.Cl. The van der Waals surface area contributed by atoms with Gasteiger partial charge in [-0.05, 0) is 56.0 Å². The average Bonchev–Trinajstić information content (AvgIpc) is 3.05. The number of carbonyl (C=O) groups excluding carboxylic acids is 1. The van der Waals surface area contributed by atoms with Gasteiger partial charge in [-0.25, -0.2) is 4.98 Å². The fourth-order valence-corrected chi connectivity index (χ4v) is 4.70. The van der Waals surface area contributed by atoms with Crippen molar-refractivity contribution in [3.05, 3.63) is 23.2 Å². The highest BCUT2D eigenvalue weighted by atomic mass is 35.5. The monoisotopic (exact) mass is 365 g/mol. The van der Waals surface area contributed by atoms with Gasteiger partial charge in [0.25, 0.3) is 0 Å². The molecule has 4 rings (SSSR count). The van der Waals surface area contributed by atoms with Crippen molar-refractivity contribution in [2.45, 2.75) is 39.0 Å². The zero-order valence-corrected chi connectivity index (χ0v) is 15.7. The first-order valence-electron chi connectivity index (χ1n) is 8.49. The van der Waals surface area contributed by atoms with E-state index in [1.54, 1.807) is 11.3 Å². The zero-order valence-electron chi connectivity index (χ0n) is 14.1. The first-order valence-corrected chi connectivity index (χ1v) is 9.31. The molecule has 4 nitrogen and oxygen atoms in total. The van der Waals surface area contributed by atoms with E-state index in [0.29, 0.717) is 5.92 Å². The van der Waals surface area contributed by atoms with Gasteiger partial charge in [-0.3, -0.25) is 4.79 Å². The lowest BCUT2D eigenvalue weighted by Crippen LogP contribution is -2.31. The molecule has 6 heteroatoms. The molecule has 2 heterocycles. The lowest BCUT2D eigenvalue weighted by Gasteiger charge is -2.23. The summed E-state index contributed by atoms with van der Waals surface area (Å²) in [5.74, 6) is 0.838. The topological polar surface area (TPSA) is 54.0 Å². The highest BCUT2D eigenvalue weighted by molar-refractivity contribution is 7.18. The fourth-order valence-electron chi connectivity index (χ4n) is 3.69. The Balaban J connectivity index is 0.00000169. The van der Waals surface area contributed by atoms with Crippen LogP contribution in [-0.4, -0.2) is 24.0 Å². The number of nitrogens with one attached hydrogen (secondary N) is 2. The fraction of sp³-hybridized carbons (Fsp3) is 0.556. The number of rotatable bonds is 3. The molecule has 1 unspecified atom stereocenters. The molecule has 2 aromatic rings. The Hall–Kier alpha value is -1.17. The van der Waals surface area contributed by atoms with Crippen LogP contribution in [0.25, 0.3) is 10.2 Å². The lowest BCUT2D eigenvalue weighted by atomic mass is 9.92. The lowest BCUT2D eigenvalue weighted by molar-refractivity contribution is -0.118. The van der Waals surface area contributed by atoms with Gasteiger partial charge in [-0.1, -0.05) is 13.8 Å². The molecule has 2 fully saturated rings. The van der Waals surface area contributed by atoms with E-state index in [-0.39, 0.29) is 29.6 Å². The molecular formula is C18H24ClN3OS. The van der Waals surface area contributed by atoms with Crippen molar-refractivity contribution < 1.29 is 4.79 Å². The van der Waals surface area contributed by atoms with Crippen LogP contribution in [0.4, 0.5) is 5.69 Å². The maximum absolute atomic E-state index is 12.6. The molecule has 1 atom stereocenters. The first kappa shape index (κ1) is 17.6. The van der Waals surface area contributed by atoms with Gasteiger partial charge in [-0.15, -0.1) is 23.7 Å². The molecule has 2 aliphatic rings. The third-order valence-corrected chi connectivity index (χ3v) is 6.59. The number of piperidine rings is 1. The van der Waals surface area contributed by atoms with Gasteiger partial charge in [0.05, 0.1) is 15.2 Å². The number of anilines is 1. The van der Waals surface area contributed by atoms with E-state index in [9.17, 15) is 4.79 Å². The predicted octanol–water partition coefficient (Wildman–Crippen LogP) is 4.17. The van der Waals surface area contributed by atoms with Crippen LogP contribution in [0.15, 0.2) is 18.2 Å². The number of amides is 1. The van der Waals surface area contributed by atoms with Crippen LogP contribution >= 0.6 is 23.7 Å².